The molecule has 0 atom stereocenters. The van der Waals surface area contributed by atoms with Gasteiger partial charge in [-0.25, -0.2) is 24.7 Å². The summed E-state index contributed by atoms with van der Waals surface area (Å²) >= 11 is 6.14. The van der Waals surface area contributed by atoms with Gasteiger partial charge in [-0.05, 0) is 37.6 Å². The van der Waals surface area contributed by atoms with Crippen LogP contribution in [0.2, 0.25) is 5.15 Å². The van der Waals surface area contributed by atoms with E-state index in [9.17, 15) is 9.59 Å². The van der Waals surface area contributed by atoms with Gasteiger partial charge in [0.1, 0.15) is 5.82 Å². The van der Waals surface area contributed by atoms with E-state index in [1.54, 1.807) is 4.90 Å². The van der Waals surface area contributed by atoms with Gasteiger partial charge in [0.15, 0.2) is 16.7 Å². The highest BCUT2D eigenvalue weighted by molar-refractivity contribution is 6.32. The zero-order valence-corrected chi connectivity index (χ0v) is 21.2. The second kappa shape index (κ2) is 11.1. The Kier molecular flexibility index (Phi) is 7.42. The third-order valence-electron chi connectivity index (χ3n) is 6.24. The van der Waals surface area contributed by atoms with Crippen LogP contribution in [-0.4, -0.2) is 76.2 Å². The van der Waals surface area contributed by atoms with Crippen molar-refractivity contribution in [2.45, 2.75) is 19.9 Å². The molecule has 37 heavy (non-hydrogen) atoms. The molecule has 0 bridgehead atoms. The summed E-state index contributed by atoms with van der Waals surface area (Å²) in [6.45, 7) is 5.93. The normalized spacial score (nSPS) is 15.2. The molecule has 1 aromatic carbocycles. The summed E-state index contributed by atoms with van der Waals surface area (Å²) in [4.78, 5) is 46.9. The minimum Gasteiger partial charge on any atom is -0.378 e. The summed E-state index contributed by atoms with van der Waals surface area (Å²) in [7, 11) is 0. The van der Waals surface area contributed by atoms with Crippen LogP contribution in [0, 0.1) is 0 Å². The fourth-order valence-electron chi connectivity index (χ4n) is 4.40. The van der Waals surface area contributed by atoms with Crippen LogP contribution in [-0.2, 0) is 17.7 Å². The van der Waals surface area contributed by atoms with Crippen LogP contribution in [0.5, 0.6) is 0 Å². The molecule has 0 saturated carbocycles. The van der Waals surface area contributed by atoms with Crippen LogP contribution >= 0.6 is 11.6 Å². The summed E-state index contributed by atoms with van der Waals surface area (Å²) in [6.07, 6.45) is 3.52. The molecular weight excluding hydrogens is 496 g/mol. The van der Waals surface area contributed by atoms with Gasteiger partial charge in [0.05, 0.1) is 25.5 Å². The average Bonchev–Trinajstić information content (AvgIpc) is 2.93. The first-order valence-electron chi connectivity index (χ1n) is 12.2. The van der Waals surface area contributed by atoms with E-state index in [0.717, 1.165) is 35.7 Å². The lowest BCUT2D eigenvalue weighted by Crippen LogP contribution is -2.41. The van der Waals surface area contributed by atoms with Gasteiger partial charge >= 0.3 is 6.03 Å². The van der Waals surface area contributed by atoms with Crippen molar-refractivity contribution in [3.05, 3.63) is 58.8 Å². The number of aromatic nitrogens is 4. The minimum atomic E-state index is -0.280. The Hall–Kier alpha value is -3.83. The molecule has 1 fully saturated rings. The molecule has 2 N–H and O–H groups in total. The molecule has 192 valence electrons. The predicted molar refractivity (Wildman–Crippen MR) is 139 cm³/mol. The molecule has 0 radical (unpaired) electrons. The highest BCUT2D eigenvalue weighted by Gasteiger charge is 2.30. The molecule has 4 heterocycles. The third kappa shape index (κ3) is 5.47. The van der Waals surface area contributed by atoms with E-state index in [-0.39, 0.29) is 22.8 Å². The van der Waals surface area contributed by atoms with Crippen molar-refractivity contribution in [2.24, 2.45) is 0 Å². The number of hydrogen-bond acceptors (Lipinski definition) is 8. The van der Waals surface area contributed by atoms with E-state index < -0.39 is 0 Å². The highest BCUT2D eigenvalue weighted by atomic mass is 35.5. The predicted octanol–water partition coefficient (Wildman–Crippen LogP) is 2.76. The van der Waals surface area contributed by atoms with Crippen LogP contribution in [0.25, 0.3) is 11.4 Å². The molecule has 1 saturated heterocycles. The van der Waals surface area contributed by atoms with Gasteiger partial charge in [0.2, 0.25) is 0 Å². The van der Waals surface area contributed by atoms with Crippen LogP contribution in [0.1, 0.15) is 28.7 Å². The quantitative estimate of drug-likeness (QED) is 0.524. The molecule has 2 aromatic heterocycles. The first-order valence-corrected chi connectivity index (χ1v) is 12.5. The summed E-state index contributed by atoms with van der Waals surface area (Å²) in [6, 6.07) is 7.11. The maximum atomic E-state index is 13.2. The number of carbonyl (C=O) groups is 2. The molecular formula is C25H27ClN8O3. The number of urea groups is 1. The lowest BCUT2D eigenvalue weighted by molar-refractivity contribution is 0.0725. The maximum absolute atomic E-state index is 13.2. The SMILES string of the molecule is CCNC(=O)Nc1ccc(-c2nc3c(c(N4CCOCC4)n2)CCN(C(=O)c2nccnc2Cl)C3)cc1. The van der Waals surface area contributed by atoms with Gasteiger partial charge in [0.25, 0.3) is 5.91 Å². The fraction of sp³-hybridized carbons (Fsp3) is 0.360. The first kappa shape index (κ1) is 24.8. The summed E-state index contributed by atoms with van der Waals surface area (Å²) in [5.74, 6) is 1.15. The minimum absolute atomic E-state index is 0.0806. The van der Waals surface area contributed by atoms with Crippen LogP contribution < -0.4 is 15.5 Å². The summed E-state index contributed by atoms with van der Waals surface area (Å²) < 4.78 is 5.55. The lowest BCUT2D eigenvalue weighted by atomic mass is 10.0. The van der Waals surface area contributed by atoms with Crippen LogP contribution in [0.15, 0.2) is 36.7 Å². The number of fused-ring (bicyclic) bond motifs is 1. The average molecular weight is 523 g/mol. The summed E-state index contributed by atoms with van der Waals surface area (Å²) in [5.41, 5.74) is 3.42. The van der Waals surface area contributed by atoms with E-state index in [1.807, 2.05) is 31.2 Å². The van der Waals surface area contributed by atoms with Crippen molar-refractivity contribution in [1.29, 1.82) is 0 Å². The van der Waals surface area contributed by atoms with Crippen molar-refractivity contribution in [3.63, 3.8) is 0 Å². The van der Waals surface area contributed by atoms with Gasteiger partial charge in [-0.15, -0.1) is 0 Å². The molecule has 2 aliphatic heterocycles. The van der Waals surface area contributed by atoms with Crippen molar-refractivity contribution < 1.29 is 14.3 Å². The van der Waals surface area contributed by atoms with E-state index >= 15 is 0 Å². The van der Waals surface area contributed by atoms with Gasteiger partial charge < -0.3 is 25.2 Å². The Morgan fingerprint density at radius 1 is 1.05 bits per heavy atom. The molecule has 3 amide bonds. The zero-order valence-electron chi connectivity index (χ0n) is 20.4. The number of nitrogens with zero attached hydrogens (tertiary/aromatic N) is 6. The molecule has 2 aliphatic rings. The highest BCUT2D eigenvalue weighted by Crippen LogP contribution is 2.31. The van der Waals surface area contributed by atoms with Gasteiger partial charge in [0, 0.05) is 55.4 Å². The van der Waals surface area contributed by atoms with E-state index in [2.05, 4.69) is 25.5 Å². The maximum Gasteiger partial charge on any atom is 0.319 e. The Morgan fingerprint density at radius 2 is 1.81 bits per heavy atom. The number of morpholine rings is 1. The van der Waals surface area contributed by atoms with Crippen molar-refractivity contribution in [3.8, 4) is 11.4 Å². The van der Waals surface area contributed by atoms with Gasteiger partial charge in [-0.1, -0.05) is 11.6 Å². The molecule has 11 nitrogen and oxygen atoms in total. The number of rotatable bonds is 5. The Labute approximate surface area is 219 Å². The number of ether oxygens (including phenoxy) is 1. The van der Waals surface area contributed by atoms with Crippen LogP contribution in [0.3, 0.4) is 0 Å². The van der Waals surface area contributed by atoms with E-state index in [0.29, 0.717) is 50.8 Å². The lowest BCUT2D eigenvalue weighted by Gasteiger charge is -2.34. The molecule has 12 heteroatoms. The van der Waals surface area contributed by atoms with E-state index in [4.69, 9.17) is 26.3 Å². The largest absolute Gasteiger partial charge is 0.378 e. The number of benzene rings is 1. The topological polar surface area (TPSA) is 125 Å². The molecule has 5 rings (SSSR count). The Balaban J connectivity index is 1.47. The number of hydrogen-bond donors (Lipinski definition) is 2. The van der Waals surface area contributed by atoms with Gasteiger partial charge in [-0.3, -0.25) is 4.79 Å². The fourth-order valence-corrected chi connectivity index (χ4v) is 4.59. The molecule has 0 aliphatic carbocycles. The monoisotopic (exact) mass is 522 g/mol. The number of amides is 3. The third-order valence-corrected chi connectivity index (χ3v) is 6.51. The Bertz CT molecular complexity index is 1300. The van der Waals surface area contributed by atoms with Crippen molar-refractivity contribution in [2.75, 3.05) is 49.6 Å². The number of halogens is 1. The summed E-state index contributed by atoms with van der Waals surface area (Å²) in [5, 5.41) is 5.58. The van der Waals surface area contributed by atoms with Crippen LogP contribution in [0.4, 0.5) is 16.3 Å². The number of carbonyl (C=O) groups excluding carboxylic acids is 2. The number of nitrogens with one attached hydrogen (secondary N) is 2. The molecule has 3 aromatic rings. The number of anilines is 2. The van der Waals surface area contributed by atoms with E-state index in [1.165, 1.54) is 12.4 Å². The second-order valence-electron chi connectivity index (χ2n) is 8.63. The smallest absolute Gasteiger partial charge is 0.319 e. The zero-order chi connectivity index (χ0) is 25.8. The van der Waals surface area contributed by atoms with Crippen molar-refractivity contribution >= 4 is 35.0 Å². The van der Waals surface area contributed by atoms with Crippen molar-refractivity contribution in [1.82, 2.24) is 30.2 Å². The molecule has 0 spiro atoms. The molecule has 0 unspecified atom stereocenters. The van der Waals surface area contributed by atoms with Gasteiger partial charge in [-0.2, -0.15) is 0 Å². The second-order valence-corrected chi connectivity index (χ2v) is 8.99. The first-order chi connectivity index (χ1) is 18.0. The standard InChI is InChI=1S/C25H27ClN8O3/c1-2-27-25(36)30-17-5-3-16(4-6-17)22-31-19-15-34(24(35)20-21(26)29-9-8-28-20)10-7-18(19)23(32-22)33-11-13-37-14-12-33/h3-6,8-9H,2,7,10-15H2,1H3,(H2,27,30,36). The Morgan fingerprint density at radius 3 is 2.54 bits per heavy atom.